The number of nitrogens with zero attached hydrogens (tertiary/aromatic N) is 3. The quantitative estimate of drug-likeness (QED) is 0.759. The Labute approximate surface area is 91.1 Å². The Morgan fingerprint density at radius 3 is 2.87 bits per heavy atom. The van der Waals surface area contributed by atoms with Crippen molar-refractivity contribution in [1.82, 2.24) is 14.7 Å². The van der Waals surface area contributed by atoms with E-state index >= 15 is 0 Å². The van der Waals surface area contributed by atoms with E-state index in [2.05, 4.69) is 17.0 Å². The highest BCUT2D eigenvalue weighted by Gasteiger charge is 2.18. The normalized spacial score (nSPS) is 24.0. The summed E-state index contributed by atoms with van der Waals surface area (Å²) in [5.41, 5.74) is 6.96. The highest BCUT2D eigenvalue weighted by molar-refractivity contribution is 5.30. The topological polar surface area (TPSA) is 47.1 Å². The molecule has 0 spiro atoms. The number of rotatable bonds is 1. The van der Waals surface area contributed by atoms with Gasteiger partial charge in [0.05, 0.1) is 11.7 Å². The number of hydrogen-bond donors (Lipinski definition) is 1. The Kier molecular flexibility index (Phi) is 2.95. The van der Waals surface area contributed by atoms with E-state index in [1.54, 1.807) is 0 Å². The van der Waals surface area contributed by atoms with Crippen molar-refractivity contribution < 1.29 is 0 Å². The lowest BCUT2D eigenvalue weighted by atomic mass is 10.1. The van der Waals surface area contributed by atoms with Crippen molar-refractivity contribution in [2.75, 3.05) is 25.9 Å². The number of likely N-dealkylation sites (tertiary alicyclic amines) is 1. The smallest absolute Gasteiger partial charge is 0.122 e. The lowest BCUT2D eigenvalue weighted by Crippen LogP contribution is -2.20. The van der Waals surface area contributed by atoms with Gasteiger partial charge < -0.3 is 10.6 Å². The average Bonchev–Trinajstić information content (AvgIpc) is 2.39. The highest BCUT2D eigenvalue weighted by atomic mass is 15.3. The molecule has 1 aromatic rings. The molecule has 2 heterocycles. The number of aromatic nitrogens is 2. The Morgan fingerprint density at radius 1 is 1.40 bits per heavy atom. The summed E-state index contributed by atoms with van der Waals surface area (Å²) in [4.78, 5) is 2.38. The lowest BCUT2D eigenvalue weighted by molar-refractivity contribution is 0.337. The Morgan fingerprint density at radius 2 is 2.20 bits per heavy atom. The Balaban J connectivity index is 2.12. The monoisotopic (exact) mass is 208 g/mol. The van der Waals surface area contributed by atoms with Crippen LogP contribution in [0.1, 0.15) is 31.0 Å². The van der Waals surface area contributed by atoms with E-state index in [1.807, 2.05) is 17.7 Å². The predicted octanol–water partition coefficient (Wildman–Crippen LogP) is 1.43. The summed E-state index contributed by atoms with van der Waals surface area (Å²) in [6, 6.07) is 2.44. The van der Waals surface area contributed by atoms with Crippen LogP contribution < -0.4 is 5.73 Å². The molecular formula is C11H20N4. The fraction of sp³-hybridized carbons (Fsp3) is 0.727. The highest BCUT2D eigenvalue weighted by Crippen LogP contribution is 2.24. The van der Waals surface area contributed by atoms with E-state index < -0.39 is 0 Å². The van der Waals surface area contributed by atoms with Crippen LogP contribution in [-0.2, 0) is 0 Å². The largest absolute Gasteiger partial charge is 0.384 e. The summed E-state index contributed by atoms with van der Waals surface area (Å²) in [5, 5.41) is 4.47. The van der Waals surface area contributed by atoms with Gasteiger partial charge in [0, 0.05) is 6.07 Å². The number of anilines is 1. The van der Waals surface area contributed by atoms with E-state index in [1.165, 1.54) is 19.4 Å². The van der Waals surface area contributed by atoms with Gasteiger partial charge in [0.25, 0.3) is 0 Å². The zero-order valence-electron chi connectivity index (χ0n) is 9.61. The van der Waals surface area contributed by atoms with Gasteiger partial charge in [0.15, 0.2) is 0 Å². The molecule has 2 N–H and O–H groups in total. The SMILES string of the molecule is Cc1cc(N)n(C2CCCN(C)CC2)n1. The van der Waals surface area contributed by atoms with Gasteiger partial charge in [-0.15, -0.1) is 0 Å². The minimum atomic E-state index is 0.489. The molecule has 0 radical (unpaired) electrons. The summed E-state index contributed by atoms with van der Waals surface area (Å²) in [7, 11) is 2.18. The second-order valence-corrected chi connectivity index (χ2v) is 4.54. The third-order valence-electron chi connectivity index (χ3n) is 3.15. The third kappa shape index (κ3) is 2.31. The van der Waals surface area contributed by atoms with Crippen molar-refractivity contribution in [3.8, 4) is 0 Å². The minimum Gasteiger partial charge on any atom is -0.384 e. The van der Waals surface area contributed by atoms with Gasteiger partial charge in [-0.25, -0.2) is 4.68 Å². The molecule has 4 heteroatoms. The van der Waals surface area contributed by atoms with E-state index in [9.17, 15) is 0 Å². The molecule has 1 saturated heterocycles. The van der Waals surface area contributed by atoms with Crippen LogP contribution in [0, 0.1) is 6.92 Å². The van der Waals surface area contributed by atoms with Crippen LogP contribution in [0.3, 0.4) is 0 Å². The minimum absolute atomic E-state index is 0.489. The fourth-order valence-corrected chi connectivity index (χ4v) is 2.30. The first-order chi connectivity index (χ1) is 7.16. The maximum atomic E-state index is 5.94. The summed E-state index contributed by atoms with van der Waals surface area (Å²) >= 11 is 0. The van der Waals surface area contributed by atoms with E-state index in [-0.39, 0.29) is 0 Å². The van der Waals surface area contributed by atoms with Crippen molar-refractivity contribution in [3.05, 3.63) is 11.8 Å². The maximum Gasteiger partial charge on any atom is 0.122 e. The third-order valence-corrected chi connectivity index (χ3v) is 3.15. The van der Waals surface area contributed by atoms with Gasteiger partial charge in [-0.3, -0.25) is 0 Å². The first kappa shape index (κ1) is 10.5. The van der Waals surface area contributed by atoms with Gasteiger partial charge in [-0.1, -0.05) is 0 Å². The first-order valence-electron chi connectivity index (χ1n) is 5.67. The van der Waals surface area contributed by atoms with Gasteiger partial charge in [-0.05, 0) is 46.3 Å². The van der Waals surface area contributed by atoms with Crippen molar-refractivity contribution in [2.24, 2.45) is 0 Å². The molecule has 1 aliphatic heterocycles. The Hall–Kier alpha value is -1.03. The second-order valence-electron chi connectivity index (χ2n) is 4.54. The predicted molar refractivity (Wildman–Crippen MR) is 61.8 cm³/mol. The van der Waals surface area contributed by atoms with Crippen molar-refractivity contribution in [2.45, 2.75) is 32.2 Å². The molecular weight excluding hydrogens is 188 g/mol. The standard InChI is InChI=1S/C11H20N4/c1-9-8-11(12)15(13-9)10-4-3-6-14(2)7-5-10/h8,10H,3-7,12H2,1-2H3. The molecule has 0 saturated carbocycles. The van der Waals surface area contributed by atoms with E-state index in [4.69, 9.17) is 5.73 Å². The van der Waals surface area contributed by atoms with E-state index in [0.717, 1.165) is 24.5 Å². The average molecular weight is 208 g/mol. The maximum absolute atomic E-state index is 5.94. The first-order valence-corrected chi connectivity index (χ1v) is 5.67. The summed E-state index contributed by atoms with van der Waals surface area (Å²) < 4.78 is 2.01. The molecule has 1 aliphatic rings. The molecule has 0 aromatic carbocycles. The summed E-state index contributed by atoms with van der Waals surface area (Å²) in [6.45, 7) is 4.33. The van der Waals surface area contributed by atoms with Crippen molar-refractivity contribution in [3.63, 3.8) is 0 Å². The summed E-state index contributed by atoms with van der Waals surface area (Å²) in [6.07, 6.45) is 3.58. The van der Waals surface area contributed by atoms with Gasteiger partial charge >= 0.3 is 0 Å². The lowest BCUT2D eigenvalue weighted by Gasteiger charge is -2.16. The van der Waals surface area contributed by atoms with Crippen LogP contribution in [-0.4, -0.2) is 34.8 Å². The molecule has 84 valence electrons. The second kappa shape index (κ2) is 4.23. The van der Waals surface area contributed by atoms with E-state index in [0.29, 0.717) is 6.04 Å². The van der Waals surface area contributed by atoms with Gasteiger partial charge in [-0.2, -0.15) is 5.10 Å². The molecule has 1 aromatic heterocycles. The number of nitrogens with two attached hydrogens (primary N) is 1. The molecule has 1 fully saturated rings. The molecule has 4 nitrogen and oxygen atoms in total. The number of aryl methyl sites for hydroxylation is 1. The van der Waals surface area contributed by atoms with Crippen molar-refractivity contribution >= 4 is 5.82 Å². The van der Waals surface area contributed by atoms with Crippen LogP contribution in [0.15, 0.2) is 6.07 Å². The molecule has 0 aliphatic carbocycles. The zero-order chi connectivity index (χ0) is 10.8. The number of hydrogen-bond acceptors (Lipinski definition) is 3. The Bertz CT molecular complexity index is 331. The van der Waals surface area contributed by atoms with Gasteiger partial charge in [0.2, 0.25) is 0 Å². The van der Waals surface area contributed by atoms with Crippen LogP contribution in [0.4, 0.5) is 5.82 Å². The molecule has 0 amide bonds. The fourth-order valence-electron chi connectivity index (χ4n) is 2.30. The van der Waals surface area contributed by atoms with Crippen LogP contribution in [0.25, 0.3) is 0 Å². The van der Waals surface area contributed by atoms with Gasteiger partial charge in [0.1, 0.15) is 5.82 Å². The molecule has 2 rings (SSSR count). The molecule has 0 bridgehead atoms. The molecule has 15 heavy (non-hydrogen) atoms. The number of nitrogen functional groups attached to an aromatic ring is 1. The van der Waals surface area contributed by atoms with Crippen LogP contribution >= 0.6 is 0 Å². The van der Waals surface area contributed by atoms with Crippen LogP contribution in [0.5, 0.6) is 0 Å². The molecule has 1 unspecified atom stereocenters. The van der Waals surface area contributed by atoms with Crippen LogP contribution in [0.2, 0.25) is 0 Å². The summed E-state index contributed by atoms with van der Waals surface area (Å²) in [5.74, 6) is 0.807. The van der Waals surface area contributed by atoms with Crippen molar-refractivity contribution in [1.29, 1.82) is 0 Å². The molecule has 1 atom stereocenters. The zero-order valence-corrected chi connectivity index (χ0v) is 9.61.